The van der Waals surface area contributed by atoms with Crippen LogP contribution in [0.25, 0.3) is 0 Å². The molecule has 21 heavy (non-hydrogen) atoms. The number of nitrogens with one attached hydrogen (secondary N) is 1. The van der Waals surface area contributed by atoms with E-state index < -0.39 is 0 Å². The number of nitrogens with zero attached hydrogens (tertiary/aromatic N) is 3. The Morgan fingerprint density at radius 1 is 1.19 bits per heavy atom. The molecule has 1 amide bonds. The predicted octanol–water partition coefficient (Wildman–Crippen LogP) is 2.05. The van der Waals surface area contributed by atoms with E-state index in [0.29, 0.717) is 18.9 Å². The molecule has 1 atom stereocenters. The van der Waals surface area contributed by atoms with Gasteiger partial charge in [0.2, 0.25) is 5.91 Å². The van der Waals surface area contributed by atoms with E-state index in [9.17, 15) is 4.79 Å². The van der Waals surface area contributed by atoms with Crippen LogP contribution in [0.5, 0.6) is 0 Å². The zero-order valence-electron chi connectivity index (χ0n) is 12.6. The van der Waals surface area contributed by atoms with Crippen molar-refractivity contribution in [3.63, 3.8) is 0 Å². The van der Waals surface area contributed by atoms with Crippen LogP contribution >= 0.6 is 0 Å². The molecule has 2 aromatic rings. The SMILES string of the molecule is CC(C)[C@@H](Cn1nccn1)NC(=O)CCc1ccccc1. The van der Waals surface area contributed by atoms with E-state index in [1.165, 1.54) is 5.56 Å². The van der Waals surface area contributed by atoms with Crippen molar-refractivity contribution in [3.05, 3.63) is 48.3 Å². The van der Waals surface area contributed by atoms with Gasteiger partial charge >= 0.3 is 0 Å². The fourth-order valence-electron chi connectivity index (χ4n) is 2.12. The highest BCUT2D eigenvalue weighted by Gasteiger charge is 2.17. The molecule has 0 aliphatic heterocycles. The molecule has 0 aliphatic rings. The molecule has 1 N–H and O–H groups in total. The highest BCUT2D eigenvalue weighted by Crippen LogP contribution is 2.06. The van der Waals surface area contributed by atoms with E-state index in [1.54, 1.807) is 17.2 Å². The molecule has 5 heteroatoms. The Kier molecular flexibility index (Phi) is 5.49. The van der Waals surface area contributed by atoms with Crippen LogP contribution < -0.4 is 5.32 Å². The van der Waals surface area contributed by atoms with Crippen LogP contribution in [0, 0.1) is 5.92 Å². The highest BCUT2D eigenvalue weighted by atomic mass is 16.1. The molecule has 112 valence electrons. The first kappa shape index (κ1) is 15.2. The topological polar surface area (TPSA) is 59.8 Å². The van der Waals surface area contributed by atoms with Crippen molar-refractivity contribution in [2.75, 3.05) is 0 Å². The van der Waals surface area contributed by atoms with E-state index in [4.69, 9.17) is 0 Å². The number of carbonyl (C=O) groups excluding carboxylic acids is 1. The largest absolute Gasteiger partial charge is 0.351 e. The third-order valence-electron chi connectivity index (χ3n) is 3.46. The Morgan fingerprint density at radius 3 is 2.48 bits per heavy atom. The summed E-state index contributed by atoms with van der Waals surface area (Å²) in [4.78, 5) is 13.7. The summed E-state index contributed by atoms with van der Waals surface area (Å²) in [6.07, 6.45) is 4.56. The number of hydrogen-bond donors (Lipinski definition) is 1. The molecule has 0 unspecified atom stereocenters. The van der Waals surface area contributed by atoms with E-state index >= 15 is 0 Å². The highest BCUT2D eigenvalue weighted by molar-refractivity contribution is 5.76. The average molecular weight is 286 g/mol. The van der Waals surface area contributed by atoms with Gasteiger partial charge in [-0.1, -0.05) is 44.2 Å². The van der Waals surface area contributed by atoms with Gasteiger partial charge in [0.1, 0.15) is 0 Å². The molecule has 0 radical (unpaired) electrons. The zero-order valence-corrected chi connectivity index (χ0v) is 12.6. The quantitative estimate of drug-likeness (QED) is 0.847. The minimum atomic E-state index is 0.0423. The van der Waals surface area contributed by atoms with Crippen molar-refractivity contribution in [1.29, 1.82) is 0 Å². The minimum Gasteiger partial charge on any atom is -0.351 e. The summed E-state index contributed by atoms with van der Waals surface area (Å²) in [7, 11) is 0. The summed E-state index contributed by atoms with van der Waals surface area (Å²) in [5, 5.41) is 11.3. The Bertz CT molecular complexity index is 537. The first-order valence-electron chi connectivity index (χ1n) is 7.32. The van der Waals surface area contributed by atoms with Crippen LogP contribution in [0.2, 0.25) is 0 Å². The molecule has 1 aromatic heterocycles. The lowest BCUT2D eigenvalue weighted by atomic mass is 10.0. The average Bonchev–Trinajstić information content (AvgIpc) is 2.98. The van der Waals surface area contributed by atoms with Gasteiger partial charge in [-0.3, -0.25) is 4.79 Å². The number of aryl methyl sites for hydroxylation is 1. The monoisotopic (exact) mass is 286 g/mol. The van der Waals surface area contributed by atoms with Gasteiger partial charge in [0.25, 0.3) is 0 Å². The lowest BCUT2D eigenvalue weighted by Crippen LogP contribution is -2.42. The van der Waals surface area contributed by atoms with Gasteiger partial charge in [0.05, 0.1) is 25.0 Å². The number of carbonyl (C=O) groups is 1. The van der Waals surface area contributed by atoms with Crippen LogP contribution in [0.4, 0.5) is 0 Å². The van der Waals surface area contributed by atoms with Crippen LogP contribution in [0.3, 0.4) is 0 Å². The third kappa shape index (κ3) is 5.02. The molecule has 0 saturated carbocycles. The van der Waals surface area contributed by atoms with Gasteiger partial charge in [-0.05, 0) is 17.9 Å². The standard InChI is InChI=1S/C16H22N4O/c1-13(2)15(12-20-17-10-11-18-20)19-16(21)9-8-14-6-4-3-5-7-14/h3-7,10-11,13,15H,8-9,12H2,1-2H3,(H,19,21)/t15-/m1/s1. The number of aromatic nitrogens is 3. The van der Waals surface area contributed by atoms with Crippen molar-refractivity contribution >= 4 is 5.91 Å². The van der Waals surface area contributed by atoms with Crippen molar-refractivity contribution in [2.45, 2.75) is 39.3 Å². The first-order valence-corrected chi connectivity index (χ1v) is 7.32. The van der Waals surface area contributed by atoms with Gasteiger partial charge in [0, 0.05) is 6.42 Å². The molecule has 5 nitrogen and oxygen atoms in total. The van der Waals surface area contributed by atoms with Crippen LogP contribution in [-0.2, 0) is 17.8 Å². The molecule has 0 aliphatic carbocycles. The number of benzene rings is 1. The smallest absolute Gasteiger partial charge is 0.220 e. The number of amides is 1. The van der Waals surface area contributed by atoms with Gasteiger partial charge in [-0.15, -0.1) is 0 Å². The van der Waals surface area contributed by atoms with Gasteiger partial charge in [0.15, 0.2) is 0 Å². The van der Waals surface area contributed by atoms with Gasteiger partial charge in [-0.2, -0.15) is 15.0 Å². The van der Waals surface area contributed by atoms with E-state index in [0.717, 1.165) is 6.42 Å². The normalized spacial score (nSPS) is 12.3. The van der Waals surface area contributed by atoms with Crippen molar-refractivity contribution < 1.29 is 4.79 Å². The minimum absolute atomic E-state index is 0.0423. The lowest BCUT2D eigenvalue weighted by molar-refractivity contribution is -0.122. The van der Waals surface area contributed by atoms with E-state index in [2.05, 4.69) is 29.4 Å². The summed E-state index contributed by atoms with van der Waals surface area (Å²) in [5.74, 6) is 0.404. The summed E-state index contributed by atoms with van der Waals surface area (Å²) >= 11 is 0. The lowest BCUT2D eigenvalue weighted by Gasteiger charge is -2.21. The van der Waals surface area contributed by atoms with Gasteiger partial charge in [-0.25, -0.2) is 0 Å². The Labute approximate surface area is 125 Å². The zero-order chi connectivity index (χ0) is 15.1. The molecule has 1 heterocycles. The first-order chi connectivity index (χ1) is 10.1. The molecule has 2 rings (SSSR count). The molecule has 0 bridgehead atoms. The molecule has 0 fully saturated rings. The molecule has 0 spiro atoms. The maximum atomic E-state index is 12.1. The summed E-state index contributed by atoms with van der Waals surface area (Å²) in [6, 6.07) is 10.1. The Morgan fingerprint density at radius 2 is 1.86 bits per heavy atom. The maximum Gasteiger partial charge on any atom is 0.220 e. The van der Waals surface area contributed by atoms with E-state index in [1.807, 2.05) is 30.3 Å². The van der Waals surface area contributed by atoms with Crippen molar-refractivity contribution in [3.8, 4) is 0 Å². The van der Waals surface area contributed by atoms with Crippen LogP contribution in [0.1, 0.15) is 25.8 Å². The second-order valence-electron chi connectivity index (χ2n) is 5.49. The van der Waals surface area contributed by atoms with Gasteiger partial charge < -0.3 is 5.32 Å². The molecular formula is C16H22N4O. The fraction of sp³-hybridized carbons (Fsp3) is 0.438. The Balaban J connectivity index is 1.83. The van der Waals surface area contributed by atoms with Crippen molar-refractivity contribution in [2.24, 2.45) is 5.92 Å². The predicted molar refractivity (Wildman–Crippen MR) is 81.6 cm³/mol. The summed E-state index contributed by atoms with van der Waals surface area (Å²) in [6.45, 7) is 4.78. The number of rotatable bonds is 7. The van der Waals surface area contributed by atoms with Crippen molar-refractivity contribution in [1.82, 2.24) is 20.3 Å². The number of hydrogen-bond acceptors (Lipinski definition) is 3. The summed E-state index contributed by atoms with van der Waals surface area (Å²) in [5.41, 5.74) is 1.18. The van der Waals surface area contributed by atoms with Crippen LogP contribution in [-0.4, -0.2) is 26.9 Å². The second-order valence-corrected chi connectivity index (χ2v) is 5.49. The fourth-order valence-corrected chi connectivity index (χ4v) is 2.12. The molecule has 0 saturated heterocycles. The maximum absolute atomic E-state index is 12.1. The molecule has 1 aromatic carbocycles. The third-order valence-corrected chi connectivity index (χ3v) is 3.46. The molecular weight excluding hydrogens is 264 g/mol. The second kappa shape index (κ2) is 7.57. The summed E-state index contributed by atoms with van der Waals surface area (Å²) < 4.78 is 0. The van der Waals surface area contributed by atoms with Crippen LogP contribution in [0.15, 0.2) is 42.7 Å². The van der Waals surface area contributed by atoms with E-state index in [-0.39, 0.29) is 11.9 Å². The Hall–Kier alpha value is -2.17.